The maximum atomic E-state index is 6.14. The minimum Gasteiger partial charge on any atom is -0.493 e. The van der Waals surface area contributed by atoms with Crippen molar-refractivity contribution in [3.8, 4) is 5.75 Å². The summed E-state index contributed by atoms with van der Waals surface area (Å²) < 4.78 is 5.99. The van der Waals surface area contributed by atoms with E-state index in [0.29, 0.717) is 6.54 Å². The quantitative estimate of drug-likeness (QED) is 0.884. The van der Waals surface area contributed by atoms with E-state index in [0.717, 1.165) is 36.1 Å². The fourth-order valence-electron chi connectivity index (χ4n) is 2.72. The summed E-state index contributed by atoms with van der Waals surface area (Å²) in [6.07, 6.45) is 6.19. The Balaban J connectivity index is 1.86. The Labute approximate surface area is 113 Å². The van der Waals surface area contributed by atoms with Crippen LogP contribution in [0.25, 0.3) is 0 Å². The molecule has 0 unspecified atom stereocenters. The molecule has 98 valence electrons. The lowest BCUT2D eigenvalue weighted by Crippen LogP contribution is -2.41. The van der Waals surface area contributed by atoms with Gasteiger partial charge in [0.15, 0.2) is 0 Å². The third kappa shape index (κ3) is 2.24. The van der Waals surface area contributed by atoms with E-state index < -0.39 is 0 Å². The Morgan fingerprint density at radius 1 is 1.33 bits per heavy atom. The van der Waals surface area contributed by atoms with Crippen LogP contribution in [-0.4, -0.2) is 13.2 Å². The number of halogens is 1. The normalized spacial score (nSPS) is 21.4. The molecule has 3 rings (SSSR count). The minimum atomic E-state index is 0.115. The third-order valence-corrected chi connectivity index (χ3v) is 4.62. The van der Waals surface area contributed by atoms with Gasteiger partial charge in [-0.25, -0.2) is 0 Å². The maximum absolute atomic E-state index is 6.14. The molecule has 0 bridgehead atoms. The summed E-state index contributed by atoms with van der Waals surface area (Å²) in [6.45, 7) is 1.53. The van der Waals surface area contributed by atoms with Crippen LogP contribution in [0.2, 0.25) is 5.02 Å². The van der Waals surface area contributed by atoms with Gasteiger partial charge in [0.2, 0.25) is 0 Å². The van der Waals surface area contributed by atoms with Crippen molar-refractivity contribution in [3.63, 3.8) is 0 Å². The molecular weight excluding hydrogens is 246 g/mol. The van der Waals surface area contributed by atoms with Crippen LogP contribution in [0.4, 0.5) is 0 Å². The zero-order valence-electron chi connectivity index (χ0n) is 10.6. The van der Waals surface area contributed by atoms with Gasteiger partial charge in [0.1, 0.15) is 5.75 Å². The Kier molecular flexibility index (Phi) is 3.25. The molecule has 2 saturated carbocycles. The molecule has 2 nitrogen and oxygen atoms in total. The van der Waals surface area contributed by atoms with Gasteiger partial charge >= 0.3 is 0 Å². The van der Waals surface area contributed by atoms with E-state index in [1.54, 1.807) is 0 Å². The molecular formula is C15H20ClNO. The van der Waals surface area contributed by atoms with Crippen LogP contribution in [0.15, 0.2) is 18.2 Å². The van der Waals surface area contributed by atoms with Crippen LogP contribution < -0.4 is 10.5 Å². The first-order valence-corrected chi connectivity index (χ1v) is 7.24. The summed E-state index contributed by atoms with van der Waals surface area (Å²) in [6, 6.07) is 5.97. The van der Waals surface area contributed by atoms with E-state index in [2.05, 4.69) is 6.07 Å². The highest BCUT2D eigenvalue weighted by atomic mass is 35.5. The molecule has 18 heavy (non-hydrogen) atoms. The number of hydrogen-bond acceptors (Lipinski definition) is 2. The van der Waals surface area contributed by atoms with Gasteiger partial charge in [-0.15, -0.1) is 0 Å². The van der Waals surface area contributed by atoms with Crippen LogP contribution >= 0.6 is 11.6 Å². The maximum Gasteiger partial charge on any atom is 0.123 e. The SMILES string of the molecule is NCC1(c2cc(Cl)ccc2OCC2CC2)CCC1. The molecule has 0 heterocycles. The van der Waals surface area contributed by atoms with Gasteiger partial charge in [0.05, 0.1) is 6.61 Å². The summed E-state index contributed by atoms with van der Waals surface area (Å²) in [5, 5.41) is 0.781. The Morgan fingerprint density at radius 3 is 2.67 bits per heavy atom. The number of ether oxygens (including phenoxy) is 1. The van der Waals surface area contributed by atoms with E-state index in [-0.39, 0.29) is 5.41 Å². The Bertz CT molecular complexity index is 433. The van der Waals surface area contributed by atoms with Gasteiger partial charge in [0.25, 0.3) is 0 Å². The van der Waals surface area contributed by atoms with Crippen LogP contribution in [0.5, 0.6) is 5.75 Å². The van der Waals surface area contributed by atoms with Crippen molar-refractivity contribution in [2.45, 2.75) is 37.5 Å². The second-order valence-corrected chi connectivity index (χ2v) is 6.17. The van der Waals surface area contributed by atoms with Crippen molar-refractivity contribution in [2.75, 3.05) is 13.2 Å². The van der Waals surface area contributed by atoms with E-state index in [1.807, 2.05) is 12.1 Å². The van der Waals surface area contributed by atoms with Gasteiger partial charge in [-0.2, -0.15) is 0 Å². The molecule has 0 aromatic heterocycles. The number of nitrogens with two attached hydrogens (primary N) is 1. The van der Waals surface area contributed by atoms with E-state index in [1.165, 1.54) is 24.8 Å². The van der Waals surface area contributed by atoms with Gasteiger partial charge < -0.3 is 10.5 Å². The van der Waals surface area contributed by atoms with Gasteiger partial charge in [-0.1, -0.05) is 18.0 Å². The smallest absolute Gasteiger partial charge is 0.123 e. The molecule has 0 radical (unpaired) electrons. The molecule has 0 amide bonds. The molecule has 2 N–H and O–H groups in total. The van der Waals surface area contributed by atoms with E-state index in [9.17, 15) is 0 Å². The van der Waals surface area contributed by atoms with Gasteiger partial charge in [-0.05, 0) is 49.8 Å². The monoisotopic (exact) mass is 265 g/mol. The van der Waals surface area contributed by atoms with Crippen molar-refractivity contribution in [1.29, 1.82) is 0 Å². The molecule has 0 aliphatic heterocycles. The molecule has 3 heteroatoms. The minimum absolute atomic E-state index is 0.115. The highest BCUT2D eigenvalue weighted by molar-refractivity contribution is 6.30. The Hall–Kier alpha value is -0.730. The summed E-state index contributed by atoms with van der Waals surface area (Å²) in [4.78, 5) is 0. The van der Waals surface area contributed by atoms with Crippen molar-refractivity contribution in [2.24, 2.45) is 11.7 Å². The fraction of sp³-hybridized carbons (Fsp3) is 0.600. The zero-order valence-corrected chi connectivity index (χ0v) is 11.4. The molecule has 1 aromatic carbocycles. The lowest BCUT2D eigenvalue weighted by Gasteiger charge is -2.42. The lowest BCUT2D eigenvalue weighted by molar-refractivity contribution is 0.232. The summed E-state index contributed by atoms with van der Waals surface area (Å²) >= 11 is 6.14. The zero-order chi connectivity index (χ0) is 12.6. The number of hydrogen-bond donors (Lipinski definition) is 1. The van der Waals surface area contributed by atoms with Crippen LogP contribution in [0.1, 0.15) is 37.7 Å². The van der Waals surface area contributed by atoms with E-state index in [4.69, 9.17) is 22.1 Å². The van der Waals surface area contributed by atoms with Crippen molar-refractivity contribution >= 4 is 11.6 Å². The van der Waals surface area contributed by atoms with Crippen LogP contribution in [0, 0.1) is 5.92 Å². The summed E-state index contributed by atoms with van der Waals surface area (Å²) in [7, 11) is 0. The predicted molar refractivity (Wildman–Crippen MR) is 74.3 cm³/mol. The van der Waals surface area contributed by atoms with Crippen LogP contribution in [-0.2, 0) is 5.41 Å². The molecule has 0 saturated heterocycles. The summed E-state index contributed by atoms with van der Waals surface area (Å²) in [5.74, 6) is 1.76. The first-order valence-electron chi connectivity index (χ1n) is 6.86. The standard InChI is InChI=1S/C15H20ClNO/c16-12-4-5-14(18-9-11-2-3-11)13(8-12)15(10-17)6-1-7-15/h4-5,8,11H,1-3,6-7,9-10,17H2. The predicted octanol–water partition coefficient (Wildman–Crippen LogP) is 3.51. The first-order chi connectivity index (χ1) is 8.73. The first kappa shape index (κ1) is 12.3. The highest BCUT2D eigenvalue weighted by Gasteiger charge is 2.39. The van der Waals surface area contributed by atoms with Crippen molar-refractivity contribution in [1.82, 2.24) is 0 Å². The average Bonchev–Trinajstić information content (AvgIpc) is 3.11. The van der Waals surface area contributed by atoms with Crippen molar-refractivity contribution in [3.05, 3.63) is 28.8 Å². The van der Waals surface area contributed by atoms with Gasteiger partial charge in [0, 0.05) is 22.5 Å². The van der Waals surface area contributed by atoms with Crippen LogP contribution in [0.3, 0.4) is 0 Å². The third-order valence-electron chi connectivity index (χ3n) is 4.39. The topological polar surface area (TPSA) is 35.2 Å². The average molecular weight is 266 g/mol. The molecule has 0 atom stereocenters. The van der Waals surface area contributed by atoms with Gasteiger partial charge in [-0.3, -0.25) is 0 Å². The van der Waals surface area contributed by atoms with E-state index >= 15 is 0 Å². The number of benzene rings is 1. The molecule has 1 aromatic rings. The second kappa shape index (κ2) is 4.75. The highest BCUT2D eigenvalue weighted by Crippen LogP contribution is 2.47. The number of rotatable bonds is 5. The summed E-state index contributed by atoms with van der Waals surface area (Å²) in [5.41, 5.74) is 7.33. The lowest BCUT2D eigenvalue weighted by atomic mass is 9.64. The molecule has 2 fully saturated rings. The van der Waals surface area contributed by atoms with Crippen molar-refractivity contribution < 1.29 is 4.74 Å². The molecule has 2 aliphatic rings. The second-order valence-electron chi connectivity index (χ2n) is 5.73. The fourth-order valence-corrected chi connectivity index (χ4v) is 2.89. The Morgan fingerprint density at radius 2 is 2.11 bits per heavy atom. The largest absolute Gasteiger partial charge is 0.493 e. The molecule has 0 spiro atoms. The molecule has 2 aliphatic carbocycles.